The van der Waals surface area contributed by atoms with E-state index in [9.17, 15) is 23.1 Å². The summed E-state index contributed by atoms with van der Waals surface area (Å²) in [5, 5.41) is 17.1. The summed E-state index contributed by atoms with van der Waals surface area (Å²) in [6.45, 7) is 5.45. The van der Waals surface area contributed by atoms with Crippen molar-refractivity contribution in [3.8, 4) is 0 Å². The summed E-state index contributed by atoms with van der Waals surface area (Å²) in [6.07, 6.45) is 5.16. The first-order valence-electron chi connectivity index (χ1n) is 9.87. The first-order valence-corrected chi connectivity index (χ1v) is 11.4. The standard InChI is InChI=1S/C18H28N4O5S/c1-4-6-8-12-13(9-7-5-2)21(20-19-12)11-18(3)16(17(24)25)22-14(23)10-15(22)28(18,26)27/h15-16H,4-11H2,1-3H3,(H,24,25)/t15-,16-,18-/m0/s1. The van der Waals surface area contributed by atoms with E-state index in [1.165, 1.54) is 6.92 Å². The smallest absolute Gasteiger partial charge is 0.328 e. The first kappa shape index (κ1) is 20.8. The van der Waals surface area contributed by atoms with Gasteiger partial charge in [0, 0.05) is 0 Å². The zero-order valence-electron chi connectivity index (χ0n) is 16.6. The van der Waals surface area contributed by atoms with Crippen LogP contribution >= 0.6 is 0 Å². The minimum Gasteiger partial charge on any atom is -0.480 e. The van der Waals surface area contributed by atoms with Crippen molar-refractivity contribution in [2.45, 2.75) is 88.4 Å². The van der Waals surface area contributed by atoms with Gasteiger partial charge in [0.2, 0.25) is 5.91 Å². The molecular weight excluding hydrogens is 384 g/mol. The molecule has 0 aliphatic carbocycles. The molecule has 28 heavy (non-hydrogen) atoms. The number of unbranched alkanes of at least 4 members (excludes halogenated alkanes) is 2. The maximum atomic E-state index is 13.1. The zero-order valence-corrected chi connectivity index (χ0v) is 17.4. The fourth-order valence-corrected chi connectivity index (χ4v) is 6.59. The fraction of sp³-hybridized carbons (Fsp3) is 0.778. The van der Waals surface area contributed by atoms with Crippen LogP contribution in [0.3, 0.4) is 0 Å². The Hall–Kier alpha value is -1.97. The van der Waals surface area contributed by atoms with Gasteiger partial charge in [-0.15, -0.1) is 5.10 Å². The molecule has 10 heteroatoms. The maximum Gasteiger partial charge on any atom is 0.328 e. The van der Waals surface area contributed by atoms with Gasteiger partial charge in [-0.2, -0.15) is 0 Å². The van der Waals surface area contributed by atoms with Crippen molar-refractivity contribution in [3.63, 3.8) is 0 Å². The van der Waals surface area contributed by atoms with Crippen molar-refractivity contribution < 1.29 is 23.1 Å². The third-order valence-electron chi connectivity index (χ3n) is 5.96. The van der Waals surface area contributed by atoms with E-state index in [1.807, 2.05) is 0 Å². The second kappa shape index (κ2) is 7.46. The Morgan fingerprint density at radius 1 is 1.25 bits per heavy atom. The van der Waals surface area contributed by atoms with Gasteiger partial charge in [0.05, 0.1) is 24.4 Å². The summed E-state index contributed by atoms with van der Waals surface area (Å²) in [6, 6.07) is -1.41. The molecule has 1 N–H and O–H groups in total. The Morgan fingerprint density at radius 2 is 1.89 bits per heavy atom. The highest BCUT2D eigenvalue weighted by Gasteiger charge is 2.70. The number of aromatic nitrogens is 3. The Kier molecular flexibility index (Phi) is 5.53. The lowest BCUT2D eigenvalue weighted by molar-refractivity contribution is -0.157. The summed E-state index contributed by atoms with van der Waals surface area (Å²) in [5.74, 6) is -1.74. The van der Waals surface area contributed by atoms with Crippen LogP contribution in [0.2, 0.25) is 0 Å². The third-order valence-corrected chi connectivity index (χ3v) is 8.72. The molecule has 3 atom stereocenters. The molecule has 2 fully saturated rings. The second-order valence-electron chi connectivity index (χ2n) is 7.91. The van der Waals surface area contributed by atoms with Crippen LogP contribution in [-0.2, 0) is 38.8 Å². The Bertz CT molecular complexity index is 881. The van der Waals surface area contributed by atoms with Crippen molar-refractivity contribution in [1.29, 1.82) is 0 Å². The van der Waals surface area contributed by atoms with E-state index in [0.29, 0.717) is 6.42 Å². The molecule has 1 aromatic heterocycles. The number of hydrogen-bond donors (Lipinski definition) is 1. The molecule has 0 aromatic carbocycles. The van der Waals surface area contributed by atoms with Crippen molar-refractivity contribution >= 4 is 21.7 Å². The van der Waals surface area contributed by atoms with Crippen LogP contribution < -0.4 is 0 Å². The molecule has 0 bridgehead atoms. The monoisotopic (exact) mass is 412 g/mol. The van der Waals surface area contributed by atoms with Gasteiger partial charge in [-0.05, 0) is 32.6 Å². The summed E-state index contributed by atoms with van der Waals surface area (Å²) in [7, 11) is -3.86. The van der Waals surface area contributed by atoms with Crippen LogP contribution in [0.15, 0.2) is 0 Å². The quantitative estimate of drug-likeness (QED) is 0.604. The summed E-state index contributed by atoms with van der Waals surface area (Å²) < 4.78 is 26.2. The Labute approximate surface area is 165 Å². The molecule has 9 nitrogen and oxygen atoms in total. The van der Waals surface area contributed by atoms with Gasteiger partial charge >= 0.3 is 5.97 Å². The fourth-order valence-electron chi connectivity index (χ4n) is 4.24. The highest BCUT2D eigenvalue weighted by Crippen LogP contribution is 2.47. The average molecular weight is 413 g/mol. The van der Waals surface area contributed by atoms with Gasteiger partial charge in [0.1, 0.15) is 10.1 Å². The number of nitrogens with zero attached hydrogens (tertiary/aromatic N) is 4. The molecule has 0 spiro atoms. The van der Waals surface area contributed by atoms with Crippen LogP contribution in [0.25, 0.3) is 0 Å². The van der Waals surface area contributed by atoms with Gasteiger partial charge in [-0.1, -0.05) is 31.9 Å². The Balaban J connectivity index is 2.00. The number of β-lactam (4-membered cyclic amide) rings is 1. The average Bonchev–Trinajstić information content (AvgIpc) is 3.06. The maximum absolute atomic E-state index is 13.1. The third kappa shape index (κ3) is 3.01. The number of carbonyl (C=O) groups is 2. The number of carboxylic acid groups (broad SMARTS) is 1. The van der Waals surface area contributed by atoms with Crippen molar-refractivity contribution in [3.05, 3.63) is 11.4 Å². The lowest BCUT2D eigenvalue weighted by atomic mass is 9.96. The number of aliphatic carboxylic acids is 1. The van der Waals surface area contributed by atoms with Crippen LogP contribution in [0.5, 0.6) is 0 Å². The highest BCUT2D eigenvalue weighted by atomic mass is 32.2. The van der Waals surface area contributed by atoms with E-state index < -0.39 is 37.9 Å². The van der Waals surface area contributed by atoms with Gasteiger partial charge in [0.15, 0.2) is 15.9 Å². The second-order valence-corrected chi connectivity index (χ2v) is 10.5. The summed E-state index contributed by atoms with van der Waals surface area (Å²) in [4.78, 5) is 24.9. The predicted molar refractivity (Wildman–Crippen MR) is 101 cm³/mol. The minimum absolute atomic E-state index is 0.120. The SMILES string of the molecule is CCCCc1nnn(C[C@@]2(C)[C@H](C(=O)O)N3C(=O)C[C@@H]3S2(=O)=O)c1CCCC. The molecular formula is C18H28N4O5S. The van der Waals surface area contributed by atoms with Gasteiger partial charge < -0.3 is 10.0 Å². The zero-order chi connectivity index (χ0) is 20.7. The number of amides is 1. The highest BCUT2D eigenvalue weighted by molar-refractivity contribution is 7.93. The number of aryl methyl sites for hydroxylation is 1. The molecule has 3 rings (SSSR count). The summed E-state index contributed by atoms with van der Waals surface area (Å²) in [5.41, 5.74) is 1.72. The molecule has 156 valence electrons. The molecule has 1 amide bonds. The van der Waals surface area contributed by atoms with Gasteiger partial charge in [0.25, 0.3) is 0 Å². The molecule has 1 aromatic rings. The number of hydrogen-bond acceptors (Lipinski definition) is 6. The van der Waals surface area contributed by atoms with E-state index in [1.54, 1.807) is 4.68 Å². The molecule has 0 unspecified atom stereocenters. The van der Waals surface area contributed by atoms with Gasteiger partial charge in [-0.25, -0.2) is 17.9 Å². The van der Waals surface area contributed by atoms with Crippen molar-refractivity contribution in [2.24, 2.45) is 0 Å². The van der Waals surface area contributed by atoms with E-state index in [4.69, 9.17) is 0 Å². The molecule has 0 radical (unpaired) electrons. The topological polar surface area (TPSA) is 122 Å². The molecule has 2 saturated heterocycles. The van der Waals surface area contributed by atoms with Crippen molar-refractivity contribution in [2.75, 3.05) is 0 Å². The first-order chi connectivity index (χ1) is 13.2. The molecule has 3 heterocycles. The van der Waals surface area contributed by atoms with E-state index in [-0.39, 0.29) is 13.0 Å². The lowest BCUT2D eigenvalue weighted by Crippen LogP contribution is -2.58. The molecule has 2 aliphatic rings. The summed E-state index contributed by atoms with van der Waals surface area (Å²) >= 11 is 0. The minimum atomic E-state index is -3.86. The number of carboxylic acids is 1. The van der Waals surface area contributed by atoms with Gasteiger partial charge in [-0.3, -0.25) is 4.79 Å². The van der Waals surface area contributed by atoms with Crippen LogP contribution in [-0.4, -0.2) is 61.5 Å². The normalized spacial score (nSPS) is 28.2. The number of rotatable bonds is 9. The number of sulfone groups is 1. The Morgan fingerprint density at radius 3 is 2.46 bits per heavy atom. The lowest BCUT2D eigenvalue weighted by Gasteiger charge is -2.35. The van der Waals surface area contributed by atoms with Crippen LogP contribution in [0.1, 0.15) is 64.3 Å². The van der Waals surface area contributed by atoms with Crippen molar-refractivity contribution in [1.82, 2.24) is 19.9 Å². The molecule has 2 aliphatic heterocycles. The van der Waals surface area contributed by atoms with E-state index >= 15 is 0 Å². The number of carbonyl (C=O) groups excluding carboxylic acids is 1. The van der Waals surface area contributed by atoms with Crippen LogP contribution in [0, 0.1) is 0 Å². The van der Waals surface area contributed by atoms with Crippen LogP contribution in [0.4, 0.5) is 0 Å². The number of fused-ring (bicyclic) bond motifs is 1. The largest absolute Gasteiger partial charge is 0.480 e. The van der Waals surface area contributed by atoms with E-state index in [0.717, 1.165) is 48.4 Å². The van der Waals surface area contributed by atoms with E-state index in [2.05, 4.69) is 24.2 Å². The predicted octanol–water partition coefficient (Wildman–Crippen LogP) is 1.16. The molecule has 0 saturated carbocycles.